The molecule has 2 saturated heterocycles. The molecule has 186 valence electrons. The third-order valence-corrected chi connectivity index (χ3v) is 6.94. The standard InChI is InChI=1S/C25H28F3N5O2/c1-31-12-14-32(15-13-31)22-7-6-20-21(16-29-23(20)30-22)17-8-10-33(11-9-17)24(34)18-2-4-19(5-3-18)35-25(26,27)28/h2-7,16-17H,8-15H2,1H3,(H,29,30). The Morgan fingerprint density at radius 1 is 1.00 bits per heavy atom. The van der Waals surface area contributed by atoms with E-state index in [9.17, 15) is 18.0 Å². The molecule has 7 nitrogen and oxygen atoms in total. The summed E-state index contributed by atoms with van der Waals surface area (Å²) in [6, 6.07) is 9.32. The molecule has 0 aliphatic carbocycles. The van der Waals surface area contributed by atoms with E-state index in [1.165, 1.54) is 29.8 Å². The molecule has 10 heteroatoms. The van der Waals surface area contributed by atoms with E-state index in [-0.39, 0.29) is 11.7 Å². The Morgan fingerprint density at radius 3 is 2.34 bits per heavy atom. The summed E-state index contributed by atoms with van der Waals surface area (Å²) < 4.78 is 40.9. The van der Waals surface area contributed by atoms with Crippen molar-refractivity contribution in [1.29, 1.82) is 0 Å². The molecule has 2 aromatic heterocycles. The molecule has 35 heavy (non-hydrogen) atoms. The molecule has 4 heterocycles. The molecule has 1 N–H and O–H groups in total. The summed E-state index contributed by atoms with van der Waals surface area (Å²) >= 11 is 0. The SMILES string of the molecule is CN1CCN(c2ccc3c(C4CCN(C(=O)c5ccc(OC(F)(F)F)cc5)CC4)c[nH]c3n2)CC1. The number of nitrogens with one attached hydrogen (secondary N) is 1. The van der Waals surface area contributed by atoms with Crippen molar-refractivity contribution in [2.24, 2.45) is 0 Å². The van der Waals surface area contributed by atoms with Gasteiger partial charge in [-0.3, -0.25) is 4.79 Å². The summed E-state index contributed by atoms with van der Waals surface area (Å²) in [6.45, 7) is 5.16. The first-order valence-corrected chi connectivity index (χ1v) is 11.8. The van der Waals surface area contributed by atoms with Gasteiger partial charge in [-0.1, -0.05) is 0 Å². The Balaban J connectivity index is 1.21. The normalized spacial score (nSPS) is 18.3. The van der Waals surface area contributed by atoms with Crippen molar-refractivity contribution in [2.75, 3.05) is 51.2 Å². The predicted molar refractivity (Wildman–Crippen MR) is 127 cm³/mol. The molecule has 0 spiro atoms. The van der Waals surface area contributed by atoms with Crippen molar-refractivity contribution in [2.45, 2.75) is 25.1 Å². The number of hydrogen-bond acceptors (Lipinski definition) is 5. The lowest BCUT2D eigenvalue weighted by atomic mass is 9.89. The second-order valence-electron chi connectivity index (χ2n) is 9.24. The number of aromatic nitrogens is 2. The molecule has 2 fully saturated rings. The molecule has 0 bridgehead atoms. The van der Waals surface area contributed by atoms with Crippen LogP contribution in [0.3, 0.4) is 0 Å². The van der Waals surface area contributed by atoms with Gasteiger partial charge in [-0.2, -0.15) is 0 Å². The maximum absolute atomic E-state index is 12.8. The quantitative estimate of drug-likeness (QED) is 0.597. The molecule has 5 rings (SSSR count). The van der Waals surface area contributed by atoms with E-state index < -0.39 is 6.36 Å². The van der Waals surface area contributed by atoms with Crippen LogP contribution >= 0.6 is 0 Å². The number of piperazine rings is 1. The van der Waals surface area contributed by atoms with E-state index in [2.05, 4.69) is 38.7 Å². The topological polar surface area (TPSA) is 64.7 Å². The van der Waals surface area contributed by atoms with Gasteiger partial charge in [0.2, 0.25) is 0 Å². The molecule has 0 atom stereocenters. The van der Waals surface area contributed by atoms with Crippen molar-refractivity contribution in [3.8, 4) is 5.75 Å². The van der Waals surface area contributed by atoms with Gasteiger partial charge < -0.3 is 24.4 Å². The number of carbonyl (C=O) groups is 1. The molecule has 0 radical (unpaired) electrons. The molecular weight excluding hydrogens is 459 g/mol. The van der Waals surface area contributed by atoms with Gasteiger partial charge in [0.05, 0.1) is 0 Å². The van der Waals surface area contributed by atoms with E-state index in [4.69, 9.17) is 4.98 Å². The number of nitrogens with zero attached hydrogens (tertiary/aromatic N) is 4. The van der Waals surface area contributed by atoms with Crippen LogP contribution in [0.1, 0.15) is 34.7 Å². The maximum atomic E-state index is 12.8. The van der Waals surface area contributed by atoms with Crippen LogP contribution in [0.2, 0.25) is 0 Å². The molecular formula is C25H28F3N5O2. The highest BCUT2D eigenvalue weighted by Gasteiger charge is 2.31. The predicted octanol–water partition coefficient (Wildman–Crippen LogP) is 4.23. The Labute approximate surface area is 201 Å². The summed E-state index contributed by atoms with van der Waals surface area (Å²) in [5.74, 6) is 0.786. The van der Waals surface area contributed by atoms with E-state index >= 15 is 0 Å². The van der Waals surface area contributed by atoms with Crippen molar-refractivity contribution in [1.82, 2.24) is 19.8 Å². The number of piperidine rings is 1. The number of hydrogen-bond donors (Lipinski definition) is 1. The van der Waals surface area contributed by atoms with E-state index in [0.717, 1.165) is 55.9 Å². The lowest BCUT2D eigenvalue weighted by Crippen LogP contribution is -2.44. The number of likely N-dealkylation sites (N-methyl/N-ethyl adjacent to an activating group) is 1. The first-order valence-electron chi connectivity index (χ1n) is 11.8. The van der Waals surface area contributed by atoms with E-state index in [1.54, 1.807) is 4.90 Å². The van der Waals surface area contributed by atoms with Crippen LogP contribution in [0.15, 0.2) is 42.6 Å². The highest BCUT2D eigenvalue weighted by atomic mass is 19.4. The molecule has 3 aromatic rings. The van der Waals surface area contributed by atoms with Gasteiger partial charge in [0.1, 0.15) is 17.2 Å². The number of amides is 1. The first-order chi connectivity index (χ1) is 16.8. The lowest BCUT2D eigenvalue weighted by Gasteiger charge is -2.33. The summed E-state index contributed by atoms with van der Waals surface area (Å²) in [5, 5.41) is 1.12. The first kappa shape index (κ1) is 23.5. The average molecular weight is 488 g/mol. The molecule has 1 amide bonds. The summed E-state index contributed by atoms with van der Waals surface area (Å²) in [5.41, 5.74) is 2.46. The molecule has 2 aliphatic heterocycles. The second-order valence-corrected chi connectivity index (χ2v) is 9.24. The number of alkyl halides is 3. The number of ether oxygens (including phenoxy) is 1. The Kier molecular flexibility index (Phi) is 6.31. The van der Waals surface area contributed by atoms with Crippen molar-refractivity contribution in [3.63, 3.8) is 0 Å². The van der Waals surface area contributed by atoms with E-state index in [1.807, 2.05) is 6.20 Å². The maximum Gasteiger partial charge on any atom is 0.573 e. The van der Waals surface area contributed by atoms with E-state index in [0.29, 0.717) is 24.6 Å². The minimum atomic E-state index is -4.75. The van der Waals surface area contributed by atoms with Crippen LogP contribution in [0.25, 0.3) is 11.0 Å². The molecule has 1 aromatic carbocycles. The Bertz CT molecular complexity index is 1180. The van der Waals surface area contributed by atoms with Gasteiger partial charge in [0.15, 0.2) is 0 Å². The zero-order valence-corrected chi connectivity index (χ0v) is 19.5. The van der Waals surface area contributed by atoms with Crippen LogP contribution in [0, 0.1) is 0 Å². The summed E-state index contributed by atoms with van der Waals surface area (Å²) in [6.07, 6.45) is -1.09. The fourth-order valence-corrected chi connectivity index (χ4v) is 4.94. The highest BCUT2D eigenvalue weighted by Crippen LogP contribution is 2.34. The van der Waals surface area contributed by atoms with Crippen LogP contribution in [-0.2, 0) is 0 Å². The fraction of sp³-hybridized carbons (Fsp3) is 0.440. The van der Waals surface area contributed by atoms with Crippen molar-refractivity contribution < 1.29 is 22.7 Å². The number of benzene rings is 1. The molecule has 2 aliphatic rings. The highest BCUT2D eigenvalue weighted by molar-refractivity contribution is 5.94. The zero-order chi connectivity index (χ0) is 24.6. The monoisotopic (exact) mass is 487 g/mol. The number of aromatic amines is 1. The Hall–Kier alpha value is -3.27. The van der Waals surface area contributed by atoms with Gasteiger partial charge in [-0.25, -0.2) is 4.98 Å². The lowest BCUT2D eigenvalue weighted by molar-refractivity contribution is -0.274. The van der Waals surface area contributed by atoms with Gasteiger partial charge in [-0.05, 0) is 67.8 Å². The minimum Gasteiger partial charge on any atom is -0.406 e. The number of likely N-dealkylation sites (tertiary alicyclic amines) is 1. The second kappa shape index (κ2) is 9.41. The number of halogens is 3. The molecule has 0 saturated carbocycles. The fourth-order valence-electron chi connectivity index (χ4n) is 4.94. The third kappa shape index (κ3) is 5.22. The molecule has 0 unspecified atom stereocenters. The van der Waals surface area contributed by atoms with Gasteiger partial charge in [0, 0.05) is 56.4 Å². The Morgan fingerprint density at radius 2 is 1.69 bits per heavy atom. The van der Waals surface area contributed by atoms with Crippen LogP contribution < -0.4 is 9.64 Å². The zero-order valence-electron chi connectivity index (χ0n) is 19.5. The number of rotatable bonds is 4. The minimum absolute atomic E-state index is 0.181. The van der Waals surface area contributed by atoms with Crippen LogP contribution in [-0.4, -0.2) is 78.4 Å². The number of anilines is 1. The average Bonchev–Trinajstić information content (AvgIpc) is 3.27. The summed E-state index contributed by atoms with van der Waals surface area (Å²) in [4.78, 5) is 27.4. The number of H-pyrrole nitrogens is 1. The summed E-state index contributed by atoms with van der Waals surface area (Å²) in [7, 11) is 2.13. The smallest absolute Gasteiger partial charge is 0.406 e. The van der Waals surface area contributed by atoms with Crippen molar-refractivity contribution >= 4 is 22.8 Å². The van der Waals surface area contributed by atoms with Crippen molar-refractivity contribution in [3.05, 3.63) is 53.7 Å². The van der Waals surface area contributed by atoms with Crippen LogP contribution in [0.4, 0.5) is 19.0 Å². The van der Waals surface area contributed by atoms with Gasteiger partial charge in [-0.15, -0.1) is 13.2 Å². The largest absolute Gasteiger partial charge is 0.573 e. The number of carbonyl (C=O) groups excluding carboxylic acids is 1. The van der Waals surface area contributed by atoms with Gasteiger partial charge >= 0.3 is 6.36 Å². The van der Waals surface area contributed by atoms with Crippen LogP contribution in [0.5, 0.6) is 5.75 Å². The van der Waals surface area contributed by atoms with Gasteiger partial charge in [0.25, 0.3) is 5.91 Å². The third-order valence-electron chi connectivity index (χ3n) is 6.94. The number of fused-ring (bicyclic) bond motifs is 1. The number of pyridine rings is 1.